The van der Waals surface area contributed by atoms with Crippen LogP contribution in [-0.4, -0.2) is 11.9 Å². The second kappa shape index (κ2) is 9.30. The van der Waals surface area contributed by atoms with Gasteiger partial charge in [0.2, 0.25) is 0 Å². The van der Waals surface area contributed by atoms with E-state index in [4.69, 9.17) is 6.64 Å². The van der Waals surface area contributed by atoms with Crippen molar-refractivity contribution in [2.75, 3.05) is 0 Å². The summed E-state index contributed by atoms with van der Waals surface area (Å²) in [6, 6.07) is 0. The molecule has 3 rings (SSSR count). The minimum absolute atomic E-state index is 0.144. The van der Waals surface area contributed by atoms with Crippen molar-refractivity contribution < 1.29 is 33.6 Å². The fourth-order valence-corrected chi connectivity index (χ4v) is 10.4. The Morgan fingerprint density at radius 2 is 1.50 bits per heavy atom. The van der Waals surface area contributed by atoms with Crippen LogP contribution in [-0.2, 0) is 33.6 Å². The second-order valence-corrected chi connectivity index (χ2v) is 13.7. The zero-order chi connectivity index (χ0) is 20.3. The standard InChI is InChI=1S/C14H19.2C4H8O2.CH3.Ti/c1-10-11-6-2-4-8-13(11)14-9-5-3-7-12(10)14;2*1-2-3-4(5)6;;/h6,10H,2-5,7-9H2,1H3;2*2-3H2,1H3,(H,5,6);1H3;/q;;;;+2/p-2. The molecule has 0 spiro atoms. The maximum atomic E-state index is 12.5. The van der Waals surface area contributed by atoms with Crippen LogP contribution in [0.4, 0.5) is 0 Å². The van der Waals surface area contributed by atoms with Crippen molar-refractivity contribution in [3.05, 3.63) is 22.3 Å². The van der Waals surface area contributed by atoms with Crippen molar-refractivity contribution in [1.82, 2.24) is 0 Å². The molecule has 2 unspecified atom stereocenters. The van der Waals surface area contributed by atoms with Crippen LogP contribution >= 0.6 is 0 Å². The van der Waals surface area contributed by atoms with Crippen molar-refractivity contribution in [2.45, 2.75) is 101 Å². The molecule has 0 aromatic carbocycles. The Kier molecular flexibility index (Phi) is 7.25. The average Bonchev–Trinajstić information content (AvgIpc) is 2.95. The summed E-state index contributed by atoms with van der Waals surface area (Å²) in [6.07, 6.45) is 10.5. The van der Waals surface area contributed by atoms with Crippen LogP contribution in [0.5, 0.6) is 0 Å². The Labute approximate surface area is 174 Å². The molecule has 3 aliphatic carbocycles. The molecule has 0 amide bonds. The normalized spacial score (nSPS) is 24.7. The number of rotatable bonds is 7. The molecular weight excluding hydrogens is 388 g/mol. The summed E-state index contributed by atoms with van der Waals surface area (Å²) >= 11 is -3.66. The van der Waals surface area contributed by atoms with Gasteiger partial charge in [0.1, 0.15) is 0 Å². The van der Waals surface area contributed by atoms with Crippen LogP contribution in [0, 0.1) is 5.92 Å². The molecule has 0 bridgehead atoms. The van der Waals surface area contributed by atoms with Gasteiger partial charge in [-0.2, -0.15) is 0 Å². The Morgan fingerprint density at radius 3 is 2.11 bits per heavy atom. The molecule has 0 saturated carbocycles. The Balaban J connectivity index is 1.93. The topological polar surface area (TPSA) is 52.6 Å². The van der Waals surface area contributed by atoms with E-state index in [2.05, 4.69) is 6.92 Å². The van der Waals surface area contributed by atoms with Gasteiger partial charge in [0.15, 0.2) is 0 Å². The van der Waals surface area contributed by atoms with Gasteiger partial charge in [-0.05, 0) is 0 Å². The van der Waals surface area contributed by atoms with Crippen molar-refractivity contribution in [1.29, 1.82) is 0 Å². The number of carbonyl (C=O) groups is 2. The van der Waals surface area contributed by atoms with Crippen LogP contribution in [0.1, 0.15) is 91.4 Å². The number of fused-ring (bicyclic) bond motifs is 1. The first kappa shape index (κ1) is 21.8. The Morgan fingerprint density at radius 1 is 0.929 bits per heavy atom. The van der Waals surface area contributed by atoms with E-state index in [1.54, 1.807) is 11.1 Å². The summed E-state index contributed by atoms with van der Waals surface area (Å²) in [7, 11) is 0. The molecule has 5 heteroatoms. The first-order valence-electron chi connectivity index (χ1n) is 11.3. The number of allylic oxidation sites excluding steroid dienone is 4. The molecule has 0 radical (unpaired) electrons. The first-order chi connectivity index (χ1) is 13.4. The average molecular weight is 424 g/mol. The van der Waals surface area contributed by atoms with Gasteiger partial charge in [0.25, 0.3) is 0 Å². The summed E-state index contributed by atoms with van der Waals surface area (Å²) < 4.78 is 12.3. The number of hydrogen-bond acceptors (Lipinski definition) is 4. The SMILES string of the molecule is CCCC(=O)[O][Ti]([CH3])([O]C(=O)CCC)[CH]1CCCC2=C1C(C)C1=C2CCCC1. The van der Waals surface area contributed by atoms with Crippen LogP contribution < -0.4 is 0 Å². The summed E-state index contributed by atoms with van der Waals surface area (Å²) in [5.74, 6) is 0.0473. The van der Waals surface area contributed by atoms with E-state index in [1.807, 2.05) is 19.1 Å². The summed E-state index contributed by atoms with van der Waals surface area (Å²) in [5.41, 5.74) is 6.22. The van der Waals surface area contributed by atoms with E-state index >= 15 is 0 Å². The molecular formula is C23H36O4Ti. The number of carbonyl (C=O) groups excluding carboxylic acids is 2. The van der Waals surface area contributed by atoms with E-state index in [0.717, 1.165) is 32.1 Å². The van der Waals surface area contributed by atoms with E-state index in [0.29, 0.717) is 18.8 Å². The van der Waals surface area contributed by atoms with Crippen molar-refractivity contribution in [3.8, 4) is 0 Å². The van der Waals surface area contributed by atoms with E-state index in [1.165, 1.54) is 36.8 Å². The number of hydrogen-bond donors (Lipinski definition) is 0. The van der Waals surface area contributed by atoms with Crippen molar-refractivity contribution >= 4 is 11.9 Å². The molecule has 3 aliphatic rings. The predicted octanol–water partition coefficient (Wildman–Crippen LogP) is 6.49. The molecule has 0 aromatic rings. The Bertz CT molecular complexity index is 671. The van der Waals surface area contributed by atoms with Crippen LogP contribution in [0.25, 0.3) is 0 Å². The van der Waals surface area contributed by atoms with Gasteiger partial charge < -0.3 is 0 Å². The van der Waals surface area contributed by atoms with E-state index < -0.39 is 17.4 Å². The molecule has 0 saturated heterocycles. The fourth-order valence-electron chi connectivity index (χ4n) is 5.49. The zero-order valence-electron chi connectivity index (χ0n) is 18.1. The van der Waals surface area contributed by atoms with Gasteiger partial charge in [0.05, 0.1) is 0 Å². The van der Waals surface area contributed by atoms with Crippen LogP contribution in [0.3, 0.4) is 0 Å². The van der Waals surface area contributed by atoms with Crippen LogP contribution in [0.2, 0.25) is 9.45 Å². The predicted molar refractivity (Wildman–Crippen MR) is 107 cm³/mol. The molecule has 0 aliphatic heterocycles. The minimum atomic E-state index is -3.66. The molecule has 0 aromatic heterocycles. The van der Waals surface area contributed by atoms with Gasteiger partial charge in [-0.3, -0.25) is 0 Å². The van der Waals surface area contributed by atoms with Crippen molar-refractivity contribution in [2.24, 2.45) is 5.92 Å². The zero-order valence-corrected chi connectivity index (χ0v) is 19.6. The molecule has 2 atom stereocenters. The fraction of sp³-hybridized carbons (Fsp3) is 0.739. The molecule has 28 heavy (non-hydrogen) atoms. The summed E-state index contributed by atoms with van der Waals surface area (Å²) in [6.45, 7) is 6.28. The van der Waals surface area contributed by atoms with Crippen LogP contribution in [0.15, 0.2) is 22.3 Å². The van der Waals surface area contributed by atoms with Crippen molar-refractivity contribution in [3.63, 3.8) is 0 Å². The quantitative estimate of drug-likeness (QED) is 0.438. The summed E-state index contributed by atoms with van der Waals surface area (Å²) in [5, 5.41) is 2.01. The summed E-state index contributed by atoms with van der Waals surface area (Å²) in [4.78, 5) is 24.9. The Hall–Kier alpha value is -0.866. The first-order valence-corrected chi connectivity index (χ1v) is 15.0. The maximum absolute atomic E-state index is 12.5. The monoisotopic (exact) mass is 424 g/mol. The van der Waals surface area contributed by atoms with E-state index in [9.17, 15) is 9.59 Å². The molecule has 0 fully saturated rings. The molecule has 156 valence electrons. The molecule has 0 heterocycles. The second-order valence-electron chi connectivity index (χ2n) is 8.78. The van der Waals surface area contributed by atoms with Gasteiger partial charge in [-0.1, -0.05) is 0 Å². The van der Waals surface area contributed by atoms with Gasteiger partial charge in [-0.15, -0.1) is 0 Å². The molecule has 4 nitrogen and oxygen atoms in total. The van der Waals surface area contributed by atoms with Gasteiger partial charge >= 0.3 is 175 Å². The van der Waals surface area contributed by atoms with Gasteiger partial charge in [-0.25, -0.2) is 0 Å². The third-order valence-electron chi connectivity index (χ3n) is 6.68. The third-order valence-corrected chi connectivity index (χ3v) is 11.6. The molecule has 0 N–H and O–H groups in total. The van der Waals surface area contributed by atoms with E-state index in [-0.39, 0.29) is 16.2 Å². The third kappa shape index (κ3) is 4.33. The van der Waals surface area contributed by atoms with Gasteiger partial charge in [0, 0.05) is 0 Å².